The van der Waals surface area contributed by atoms with Crippen LogP contribution < -0.4 is 0 Å². The summed E-state index contributed by atoms with van der Waals surface area (Å²) < 4.78 is 5.59. The second-order valence-corrected chi connectivity index (χ2v) is 7.52. The Morgan fingerprint density at radius 3 is 2.72 bits per heavy atom. The average Bonchev–Trinajstić information content (AvgIpc) is 3.08. The number of ether oxygens (including phenoxy) is 1. The fourth-order valence-electron chi connectivity index (χ4n) is 3.20. The van der Waals surface area contributed by atoms with Gasteiger partial charge >= 0.3 is 6.09 Å². The van der Waals surface area contributed by atoms with Gasteiger partial charge in [-0.2, -0.15) is 15.0 Å². The van der Waals surface area contributed by atoms with Gasteiger partial charge in [-0.05, 0) is 64.2 Å². The molecule has 6 heteroatoms. The molecule has 25 heavy (non-hydrogen) atoms. The van der Waals surface area contributed by atoms with Gasteiger partial charge in [0, 0.05) is 12.6 Å². The first-order valence-corrected chi connectivity index (χ1v) is 8.88. The van der Waals surface area contributed by atoms with Crippen molar-refractivity contribution in [3.8, 4) is 5.69 Å². The molecule has 134 valence electrons. The van der Waals surface area contributed by atoms with Gasteiger partial charge in [0.15, 0.2) is 0 Å². The molecule has 0 spiro atoms. The van der Waals surface area contributed by atoms with E-state index in [1.807, 2.05) is 37.8 Å². The first-order valence-electron chi connectivity index (χ1n) is 8.88. The van der Waals surface area contributed by atoms with E-state index in [0.717, 1.165) is 37.9 Å². The molecule has 0 aliphatic carbocycles. The molecular weight excluding hydrogens is 316 g/mol. The highest BCUT2D eigenvalue weighted by molar-refractivity contribution is 5.68. The highest BCUT2D eigenvalue weighted by Gasteiger charge is 2.30. The second kappa shape index (κ2) is 7.25. The zero-order chi connectivity index (χ0) is 17.9. The average molecular weight is 342 g/mol. The van der Waals surface area contributed by atoms with Gasteiger partial charge in [-0.3, -0.25) is 0 Å². The minimum absolute atomic E-state index is 0.171. The van der Waals surface area contributed by atoms with Crippen LogP contribution >= 0.6 is 0 Å². The van der Waals surface area contributed by atoms with E-state index in [4.69, 9.17) is 4.74 Å². The number of nitrogens with zero attached hydrogens (tertiary/aromatic N) is 4. The summed E-state index contributed by atoms with van der Waals surface area (Å²) in [5, 5.41) is 8.36. The van der Waals surface area contributed by atoms with E-state index in [1.54, 1.807) is 17.2 Å². The van der Waals surface area contributed by atoms with Crippen molar-refractivity contribution in [3.05, 3.63) is 42.2 Å². The van der Waals surface area contributed by atoms with E-state index in [2.05, 4.69) is 22.3 Å². The van der Waals surface area contributed by atoms with Crippen LogP contribution in [-0.2, 0) is 11.2 Å². The molecule has 6 nitrogen and oxygen atoms in total. The summed E-state index contributed by atoms with van der Waals surface area (Å²) in [5.41, 5.74) is 1.64. The van der Waals surface area contributed by atoms with Gasteiger partial charge in [0.2, 0.25) is 0 Å². The van der Waals surface area contributed by atoms with Crippen LogP contribution in [0.15, 0.2) is 36.7 Å². The van der Waals surface area contributed by atoms with E-state index >= 15 is 0 Å². The molecule has 1 unspecified atom stereocenters. The number of likely N-dealkylation sites (tertiary alicyclic amines) is 1. The molecule has 0 N–H and O–H groups in total. The summed E-state index contributed by atoms with van der Waals surface area (Å²) in [6.45, 7) is 6.49. The highest BCUT2D eigenvalue weighted by atomic mass is 16.6. The summed E-state index contributed by atoms with van der Waals surface area (Å²) in [7, 11) is 0. The predicted molar refractivity (Wildman–Crippen MR) is 95.6 cm³/mol. The summed E-state index contributed by atoms with van der Waals surface area (Å²) in [5.74, 6) is 0. The van der Waals surface area contributed by atoms with E-state index in [-0.39, 0.29) is 12.1 Å². The van der Waals surface area contributed by atoms with Crippen molar-refractivity contribution in [1.29, 1.82) is 0 Å². The van der Waals surface area contributed by atoms with Crippen molar-refractivity contribution in [2.75, 3.05) is 6.54 Å². The van der Waals surface area contributed by atoms with Gasteiger partial charge in [-0.25, -0.2) is 4.79 Å². The van der Waals surface area contributed by atoms with E-state index < -0.39 is 5.60 Å². The molecule has 2 aromatic rings. The Bertz CT molecular complexity index is 706. The Labute approximate surface area is 148 Å². The molecule has 1 aliphatic rings. The SMILES string of the molecule is CC(C)(C)OC(=O)N1CCCCC1Cc1cccc(-n2nccn2)c1. The lowest BCUT2D eigenvalue weighted by Gasteiger charge is -2.37. The Morgan fingerprint density at radius 1 is 1.24 bits per heavy atom. The molecule has 1 atom stereocenters. The number of hydrogen-bond donors (Lipinski definition) is 0. The van der Waals surface area contributed by atoms with Crippen molar-refractivity contribution >= 4 is 6.09 Å². The normalized spacial score (nSPS) is 18.2. The Hall–Kier alpha value is -2.37. The third-order valence-corrected chi connectivity index (χ3v) is 4.29. The van der Waals surface area contributed by atoms with Crippen molar-refractivity contribution in [3.63, 3.8) is 0 Å². The Balaban J connectivity index is 1.73. The standard InChI is InChI=1S/C19H26N4O2/c1-19(2,3)25-18(24)22-12-5-4-8-16(22)13-15-7-6-9-17(14-15)23-20-10-11-21-23/h6-7,9-11,14,16H,4-5,8,12-13H2,1-3H3. The molecule has 0 bridgehead atoms. The lowest BCUT2D eigenvalue weighted by Crippen LogP contribution is -2.47. The number of benzene rings is 1. The van der Waals surface area contributed by atoms with Gasteiger partial charge < -0.3 is 9.64 Å². The number of carbonyl (C=O) groups is 1. The topological polar surface area (TPSA) is 60.2 Å². The first-order chi connectivity index (χ1) is 11.9. The van der Waals surface area contributed by atoms with Gasteiger partial charge in [0.25, 0.3) is 0 Å². The highest BCUT2D eigenvalue weighted by Crippen LogP contribution is 2.24. The summed E-state index contributed by atoms with van der Waals surface area (Å²) in [6.07, 6.45) is 7.12. The van der Waals surface area contributed by atoms with E-state index in [1.165, 1.54) is 5.56 Å². The molecule has 1 saturated heterocycles. The number of carbonyl (C=O) groups excluding carboxylic acids is 1. The van der Waals surface area contributed by atoms with E-state index in [9.17, 15) is 4.79 Å². The number of amides is 1. The van der Waals surface area contributed by atoms with Gasteiger partial charge in [0.05, 0.1) is 18.1 Å². The molecule has 1 aromatic carbocycles. The minimum atomic E-state index is -0.468. The zero-order valence-corrected chi connectivity index (χ0v) is 15.2. The summed E-state index contributed by atoms with van der Waals surface area (Å²) in [6, 6.07) is 8.34. The van der Waals surface area contributed by atoms with Gasteiger partial charge in [-0.1, -0.05) is 12.1 Å². The quantitative estimate of drug-likeness (QED) is 0.855. The maximum atomic E-state index is 12.5. The summed E-state index contributed by atoms with van der Waals surface area (Å²) in [4.78, 5) is 16.1. The molecule has 1 aromatic heterocycles. The maximum Gasteiger partial charge on any atom is 0.410 e. The monoisotopic (exact) mass is 342 g/mol. The first kappa shape index (κ1) is 17.5. The fraction of sp³-hybridized carbons (Fsp3) is 0.526. The van der Waals surface area contributed by atoms with Crippen molar-refractivity contribution in [1.82, 2.24) is 19.9 Å². The lowest BCUT2D eigenvalue weighted by atomic mass is 9.96. The molecule has 0 radical (unpaired) electrons. The van der Waals surface area contributed by atoms with Crippen LogP contribution in [-0.4, -0.2) is 44.2 Å². The third-order valence-electron chi connectivity index (χ3n) is 4.29. The van der Waals surface area contributed by atoms with Crippen molar-refractivity contribution in [2.45, 2.75) is 58.1 Å². The summed E-state index contributed by atoms with van der Waals surface area (Å²) >= 11 is 0. The molecule has 1 fully saturated rings. The Kier molecular flexibility index (Phi) is 5.06. The lowest BCUT2D eigenvalue weighted by molar-refractivity contribution is 0.00995. The number of hydrogen-bond acceptors (Lipinski definition) is 4. The maximum absolute atomic E-state index is 12.5. The van der Waals surface area contributed by atoms with Crippen molar-refractivity contribution in [2.24, 2.45) is 0 Å². The predicted octanol–water partition coefficient (Wildman–Crippen LogP) is 3.60. The van der Waals surface area contributed by atoms with Crippen LogP contribution in [0, 0.1) is 0 Å². The molecular formula is C19H26N4O2. The van der Waals surface area contributed by atoms with E-state index in [0.29, 0.717) is 0 Å². The van der Waals surface area contributed by atoms with Crippen LogP contribution in [0.1, 0.15) is 45.6 Å². The molecule has 3 rings (SSSR count). The number of aromatic nitrogens is 3. The largest absolute Gasteiger partial charge is 0.444 e. The zero-order valence-electron chi connectivity index (χ0n) is 15.2. The van der Waals surface area contributed by atoms with Crippen molar-refractivity contribution < 1.29 is 9.53 Å². The van der Waals surface area contributed by atoms with Crippen LogP contribution in [0.2, 0.25) is 0 Å². The number of rotatable bonds is 3. The van der Waals surface area contributed by atoms with Crippen LogP contribution in [0.4, 0.5) is 4.79 Å². The van der Waals surface area contributed by atoms with Crippen LogP contribution in [0.5, 0.6) is 0 Å². The minimum Gasteiger partial charge on any atom is -0.444 e. The molecule has 0 saturated carbocycles. The molecule has 2 heterocycles. The fourth-order valence-corrected chi connectivity index (χ4v) is 3.20. The number of piperidine rings is 1. The van der Waals surface area contributed by atoms with Gasteiger partial charge in [-0.15, -0.1) is 0 Å². The third kappa shape index (κ3) is 4.59. The molecule has 1 aliphatic heterocycles. The van der Waals surface area contributed by atoms with Gasteiger partial charge in [0.1, 0.15) is 5.60 Å². The second-order valence-electron chi connectivity index (χ2n) is 7.52. The van der Waals surface area contributed by atoms with Crippen LogP contribution in [0.25, 0.3) is 5.69 Å². The van der Waals surface area contributed by atoms with Crippen LogP contribution in [0.3, 0.4) is 0 Å². The smallest absolute Gasteiger partial charge is 0.410 e. The molecule has 1 amide bonds. The Morgan fingerprint density at radius 2 is 2.00 bits per heavy atom.